The van der Waals surface area contributed by atoms with Crippen LogP contribution in [0.3, 0.4) is 0 Å². The van der Waals surface area contributed by atoms with Crippen LogP contribution >= 0.6 is 0 Å². The molecule has 1 aliphatic rings. The third-order valence-electron chi connectivity index (χ3n) is 5.84. The summed E-state index contributed by atoms with van der Waals surface area (Å²) in [5, 5.41) is 15.0. The highest BCUT2D eigenvalue weighted by atomic mass is 16.6. The van der Waals surface area contributed by atoms with E-state index in [0.717, 1.165) is 31.4 Å². The number of piperidine rings is 1. The molecule has 2 aromatic carbocycles. The van der Waals surface area contributed by atoms with E-state index in [1.54, 1.807) is 12.1 Å². The van der Waals surface area contributed by atoms with Crippen LogP contribution in [0, 0.1) is 10.1 Å². The molecular weight excluding hydrogens is 368 g/mol. The van der Waals surface area contributed by atoms with Crippen molar-refractivity contribution in [3.05, 3.63) is 70.4 Å². The molecule has 150 valence electrons. The maximum absolute atomic E-state index is 12.7. The van der Waals surface area contributed by atoms with Gasteiger partial charge in [0.15, 0.2) is 0 Å². The first-order chi connectivity index (χ1) is 14.0. The van der Waals surface area contributed by atoms with Crippen molar-refractivity contribution < 1.29 is 9.72 Å². The Kier molecular flexibility index (Phi) is 5.31. The molecule has 2 heterocycles. The van der Waals surface area contributed by atoms with Gasteiger partial charge in [0.2, 0.25) is 5.91 Å². The van der Waals surface area contributed by atoms with Crippen LogP contribution in [0.2, 0.25) is 0 Å². The fourth-order valence-corrected chi connectivity index (χ4v) is 4.14. The summed E-state index contributed by atoms with van der Waals surface area (Å²) in [5.41, 5.74) is 2.93. The van der Waals surface area contributed by atoms with Crippen LogP contribution in [-0.2, 0) is 4.79 Å². The summed E-state index contributed by atoms with van der Waals surface area (Å²) in [6.07, 6.45) is 4.11. The molecule has 1 fully saturated rings. The molecular formula is C22H24N4O3. The lowest BCUT2D eigenvalue weighted by Gasteiger charge is -2.35. The van der Waals surface area contributed by atoms with Gasteiger partial charge in [-0.25, -0.2) is 0 Å². The van der Waals surface area contributed by atoms with Gasteiger partial charge in [-0.05, 0) is 56.5 Å². The van der Waals surface area contributed by atoms with Crippen molar-refractivity contribution in [2.24, 2.45) is 0 Å². The number of likely N-dealkylation sites (tertiary alicyclic amines) is 1. The topological polar surface area (TPSA) is 91.3 Å². The number of aromatic amines is 1. The van der Waals surface area contributed by atoms with Gasteiger partial charge >= 0.3 is 0 Å². The zero-order chi connectivity index (χ0) is 20.4. The van der Waals surface area contributed by atoms with E-state index in [1.807, 2.05) is 13.0 Å². The van der Waals surface area contributed by atoms with Gasteiger partial charge in [0.25, 0.3) is 5.69 Å². The van der Waals surface area contributed by atoms with Gasteiger partial charge in [0.1, 0.15) is 0 Å². The number of aromatic nitrogens is 1. The third kappa shape index (κ3) is 4.00. The molecule has 0 saturated carbocycles. The Balaban J connectivity index is 1.37. The number of benzene rings is 2. The lowest BCUT2D eigenvalue weighted by atomic mass is 9.88. The van der Waals surface area contributed by atoms with E-state index >= 15 is 0 Å². The number of non-ortho nitro benzene ring substituents is 1. The predicted octanol–water partition coefficient (Wildman–Crippen LogP) is 4.28. The highest BCUT2D eigenvalue weighted by molar-refractivity contribution is 5.94. The molecule has 2 N–H and O–H groups in total. The number of hydrogen-bond donors (Lipinski definition) is 2. The Morgan fingerprint density at radius 3 is 2.72 bits per heavy atom. The average Bonchev–Trinajstić information content (AvgIpc) is 3.17. The Hall–Kier alpha value is -3.19. The number of carbonyl (C=O) groups excluding carboxylic acids is 1. The van der Waals surface area contributed by atoms with E-state index in [0.29, 0.717) is 11.6 Å². The number of amides is 1. The number of carbonyl (C=O) groups is 1. The molecule has 1 saturated heterocycles. The SMILES string of the molecule is C[C@@H](C(=O)Nc1cccc([N+](=O)[O-])c1)N1CCC(c2c[nH]c3ccccc23)CC1. The first-order valence-corrected chi connectivity index (χ1v) is 9.88. The van der Waals surface area contributed by atoms with E-state index in [4.69, 9.17) is 0 Å². The number of fused-ring (bicyclic) bond motifs is 1. The second-order valence-corrected chi connectivity index (χ2v) is 7.57. The molecule has 1 atom stereocenters. The Bertz CT molecular complexity index is 1040. The van der Waals surface area contributed by atoms with Crippen molar-refractivity contribution in [2.75, 3.05) is 18.4 Å². The summed E-state index contributed by atoms with van der Waals surface area (Å²) in [4.78, 5) is 28.6. The summed E-state index contributed by atoms with van der Waals surface area (Å²) in [6, 6.07) is 14.1. The first-order valence-electron chi connectivity index (χ1n) is 9.88. The molecule has 0 spiro atoms. The Morgan fingerprint density at radius 1 is 1.21 bits per heavy atom. The first kappa shape index (κ1) is 19.1. The zero-order valence-corrected chi connectivity index (χ0v) is 16.3. The van der Waals surface area contributed by atoms with Crippen LogP contribution < -0.4 is 5.32 Å². The van der Waals surface area contributed by atoms with Crippen LogP contribution in [0.1, 0.15) is 31.2 Å². The molecule has 0 aliphatic carbocycles. The summed E-state index contributed by atoms with van der Waals surface area (Å²) < 4.78 is 0. The van der Waals surface area contributed by atoms with Crippen LogP contribution in [0.4, 0.5) is 11.4 Å². The van der Waals surface area contributed by atoms with Gasteiger partial charge in [0.05, 0.1) is 11.0 Å². The highest BCUT2D eigenvalue weighted by Gasteiger charge is 2.28. The number of nitro benzene ring substituents is 1. The number of rotatable bonds is 5. The van der Waals surface area contributed by atoms with Gasteiger partial charge in [-0.15, -0.1) is 0 Å². The molecule has 0 radical (unpaired) electrons. The summed E-state index contributed by atoms with van der Waals surface area (Å²) in [5.74, 6) is 0.338. The number of para-hydroxylation sites is 1. The maximum Gasteiger partial charge on any atom is 0.271 e. The molecule has 1 aromatic heterocycles. The Morgan fingerprint density at radius 2 is 1.97 bits per heavy atom. The molecule has 1 aliphatic heterocycles. The van der Waals surface area contributed by atoms with Crippen molar-refractivity contribution in [1.29, 1.82) is 0 Å². The number of nitrogens with one attached hydrogen (secondary N) is 2. The zero-order valence-electron chi connectivity index (χ0n) is 16.3. The van der Waals surface area contributed by atoms with Crippen LogP contribution in [0.15, 0.2) is 54.7 Å². The molecule has 3 aromatic rings. The number of nitro groups is 1. The summed E-state index contributed by atoms with van der Waals surface area (Å²) in [7, 11) is 0. The van der Waals surface area contributed by atoms with Crippen molar-refractivity contribution in [1.82, 2.24) is 9.88 Å². The monoisotopic (exact) mass is 392 g/mol. The maximum atomic E-state index is 12.7. The van der Waals surface area contributed by atoms with Crippen molar-refractivity contribution >= 4 is 28.2 Å². The van der Waals surface area contributed by atoms with Gasteiger partial charge in [0, 0.05) is 34.9 Å². The average molecular weight is 392 g/mol. The van der Waals surface area contributed by atoms with E-state index in [-0.39, 0.29) is 17.6 Å². The van der Waals surface area contributed by atoms with Gasteiger partial charge in [-0.2, -0.15) is 0 Å². The van der Waals surface area contributed by atoms with Gasteiger partial charge in [-0.1, -0.05) is 24.3 Å². The fraction of sp³-hybridized carbons (Fsp3) is 0.318. The van der Waals surface area contributed by atoms with E-state index in [1.165, 1.54) is 23.1 Å². The van der Waals surface area contributed by atoms with Crippen LogP contribution in [0.5, 0.6) is 0 Å². The van der Waals surface area contributed by atoms with Crippen molar-refractivity contribution in [3.8, 4) is 0 Å². The fourth-order valence-electron chi connectivity index (χ4n) is 4.14. The minimum absolute atomic E-state index is 0.0324. The minimum Gasteiger partial charge on any atom is -0.361 e. The van der Waals surface area contributed by atoms with E-state index in [9.17, 15) is 14.9 Å². The largest absolute Gasteiger partial charge is 0.361 e. The number of nitrogens with zero attached hydrogens (tertiary/aromatic N) is 2. The van der Waals surface area contributed by atoms with Crippen molar-refractivity contribution in [3.63, 3.8) is 0 Å². The normalized spacial score (nSPS) is 16.6. The molecule has 7 nitrogen and oxygen atoms in total. The van der Waals surface area contributed by atoms with Crippen LogP contribution in [0.25, 0.3) is 10.9 Å². The standard InChI is InChI=1S/C22H24N4O3/c1-15(22(27)24-17-5-4-6-18(13-17)26(28)29)25-11-9-16(10-12-25)20-14-23-21-8-3-2-7-19(20)21/h2-8,13-16,23H,9-12H2,1H3,(H,24,27)/t15-/m0/s1. The van der Waals surface area contributed by atoms with Gasteiger partial charge < -0.3 is 10.3 Å². The van der Waals surface area contributed by atoms with Gasteiger partial charge in [-0.3, -0.25) is 19.8 Å². The summed E-state index contributed by atoms with van der Waals surface area (Å²) >= 11 is 0. The molecule has 29 heavy (non-hydrogen) atoms. The third-order valence-corrected chi connectivity index (χ3v) is 5.84. The lowest BCUT2D eigenvalue weighted by Crippen LogP contribution is -2.45. The molecule has 4 rings (SSSR count). The second-order valence-electron chi connectivity index (χ2n) is 7.57. The Labute approximate surface area is 168 Å². The quantitative estimate of drug-likeness (QED) is 0.501. The lowest BCUT2D eigenvalue weighted by molar-refractivity contribution is -0.384. The number of anilines is 1. The highest BCUT2D eigenvalue weighted by Crippen LogP contribution is 2.33. The van der Waals surface area contributed by atoms with Crippen molar-refractivity contribution in [2.45, 2.75) is 31.7 Å². The minimum atomic E-state index is -0.464. The van der Waals surface area contributed by atoms with E-state index < -0.39 is 4.92 Å². The van der Waals surface area contributed by atoms with E-state index in [2.05, 4.69) is 39.6 Å². The molecule has 0 unspecified atom stereocenters. The predicted molar refractivity (Wildman–Crippen MR) is 113 cm³/mol. The number of H-pyrrole nitrogens is 1. The molecule has 1 amide bonds. The molecule has 0 bridgehead atoms. The van der Waals surface area contributed by atoms with Crippen LogP contribution in [-0.4, -0.2) is 39.8 Å². The second kappa shape index (κ2) is 8.05. The molecule has 7 heteroatoms. The number of hydrogen-bond acceptors (Lipinski definition) is 4. The summed E-state index contributed by atoms with van der Waals surface area (Å²) in [6.45, 7) is 3.57. The smallest absolute Gasteiger partial charge is 0.271 e.